The van der Waals surface area contributed by atoms with Crippen LogP contribution in [0.3, 0.4) is 0 Å². The summed E-state index contributed by atoms with van der Waals surface area (Å²) < 4.78 is 45.7. The van der Waals surface area contributed by atoms with Crippen molar-refractivity contribution in [3.05, 3.63) is 69.4 Å². The van der Waals surface area contributed by atoms with Gasteiger partial charge in [0, 0.05) is 27.9 Å². The van der Waals surface area contributed by atoms with Gasteiger partial charge in [0.15, 0.2) is 0 Å². The molecule has 0 aliphatic carbocycles. The molecule has 0 bridgehead atoms. The van der Waals surface area contributed by atoms with Gasteiger partial charge in [0.05, 0.1) is 11.3 Å². The Kier molecular flexibility index (Phi) is 4.82. The Hall–Kier alpha value is -2.31. The number of rotatable bonds is 2. The topological polar surface area (TPSA) is 42.6 Å². The van der Waals surface area contributed by atoms with Crippen molar-refractivity contribution in [3.8, 4) is 0 Å². The first-order chi connectivity index (χ1) is 12.2. The maximum atomic E-state index is 13.6. The maximum Gasteiger partial charge on any atom is 0.450 e. The minimum atomic E-state index is -4.78. The van der Waals surface area contributed by atoms with Crippen molar-refractivity contribution in [1.82, 2.24) is 0 Å². The zero-order valence-corrected chi connectivity index (χ0v) is 14.7. The molecule has 0 spiro atoms. The number of furan rings is 1. The molecule has 1 amide bonds. The number of amides is 1. The minimum absolute atomic E-state index is 0.0270. The molecule has 3 nitrogen and oxygen atoms in total. The van der Waals surface area contributed by atoms with Gasteiger partial charge >= 0.3 is 6.18 Å². The third-order valence-corrected chi connectivity index (χ3v) is 3.93. The number of hydrogen-bond acceptors (Lipinski definition) is 2. The number of alkyl halides is 3. The van der Waals surface area contributed by atoms with E-state index in [1.54, 1.807) is 12.1 Å². The lowest BCUT2D eigenvalue weighted by Gasteiger charge is -2.10. The van der Waals surface area contributed by atoms with E-state index in [9.17, 15) is 18.0 Å². The van der Waals surface area contributed by atoms with E-state index in [2.05, 4.69) is 4.99 Å². The van der Waals surface area contributed by atoms with Gasteiger partial charge in [-0.1, -0.05) is 41.4 Å². The van der Waals surface area contributed by atoms with Crippen LogP contribution >= 0.6 is 23.2 Å². The Morgan fingerprint density at radius 2 is 1.69 bits per heavy atom. The second-order valence-corrected chi connectivity index (χ2v) is 6.31. The Balaban J connectivity index is 2.40. The molecule has 1 heterocycles. The third kappa shape index (κ3) is 3.61. The first-order valence-corrected chi connectivity index (χ1v) is 8.07. The molecule has 1 aromatic heterocycles. The minimum Gasteiger partial charge on any atom is -0.451 e. The Bertz CT molecular complexity index is 1020. The van der Waals surface area contributed by atoms with Gasteiger partial charge in [0.1, 0.15) is 5.58 Å². The number of hydrogen-bond donors (Lipinski definition) is 0. The van der Waals surface area contributed by atoms with Crippen LogP contribution in [0.25, 0.3) is 11.0 Å². The molecule has 0 aliphatic rings. The van der Waals surface area contributed by atoms with Gasteiger partial charge in [0.2, 0.25) is 11.7 Å². The number of carbonyl (C=O) groups excluding carboxylic acids is 1. The fourth-order valence-electron chi connectivity index (χ4n) is 2.59. The van der Waals surface area contributed by atoms with Gasteiger partial charge in [-0.3, -0.25) is 4.79 Å². The van der Waals surface area contributed by atoms with Crippen LogP contribution in [0.1, 0.15) is 23.8 Å². The molecular formula is C18H10Cl2F3NO2. The van der Waals surface area contributed by atoms with Crippen LogP contribution in [0.2, 0.25) is 10.0 Å². The first-order valence-electron chi connectivity index (χ1n) is 7.31. The zero-order chi connectivity index (χ0) is 19.1. The predicted octanol–water partition coefficient (Wildman–Crippen LogP) is 6.14. The van der Waals surface area contributed by atoms with Gasteiger partial charge in [-0.2, -0.15) is 13.2 Å². The fraction of sp³-hybridized carbons (Fsp3) is 0.111. The molecule has 26 heavy (non-hydrogen) atoms. The smallest absolute Gasteiger partial charge is 0.450 e. The molecule has 0 aliphatic heterocycles. The van der Waals surface area contributed by atoms with Crippen LogP contribution in [-0.4, -0.2) is 11.6 Å². The lowest BCUT2D eigenvalue weighted by atomic mass is 9.98. The summed E-state index contributed by atoms with van der Waals surface area (Å²) in [5.74, 6) is -1.91. The fourth-order valence-corrected chi connectivity index (χ4v) is 3.12. The third-order valence-electron chi connectivity index (χ3n) is 3.49. The molecular weight excluding hydrogens is 390 g/mol. The predicted molar refractivity (Wildman–Crippen MR) is 94.0 cm³/mol. The normalized spacial score (nSPS) is 12.6. The summed E-state index contributed by atoms with van der Waals surface area (Å²) >= 11 is 11.9. The van der Waals surface area contributed by atoms with E-state index in [1.165, 1.54) is 30.3 Å². The number of benzene rings is 2. The van der Waals surface area contributed by atoms with E-state index in [1.807, 2.05) is 0 Å². The largest absolute Gasteiger partial charge is 0.451 e. The van der Waals surface area contributed by atoms with Gasteiger partial charge < -0.3 is 4.42 Å². The van der Waals surface area contributed by atoms with Gasteiger partial charge in [0.25, 0.3) is 0 Å². The second-order valence-electron chi connectivity index (χ2n) is 5.44. The molecule has 0 N–H and O–H groups in total. The van der Waals surface area contributed by atoms with Crippen LogP contribution in [0.15, 0.2) is 51.9 Å². The van der Waals surface area contributed by atoms with E-state index in [0.29, 0.717) is 0 Å². The SMILES string of the molecule is CC(=O)N=C(c1cc(Cl)cc(Cl)c1)c1c(C(F)(F)F)oc2ccccc12. The summed E-state index contributed by atoms with van der Waals surface area (Å²) in [5, 5.41) is 0.575. The molecule has 0 fully saturated rings. The van der Waals surface area contributed by atoms with Crippen LogP contribution < -0.4 is 0 Å². The lowest BCUT2D eigenvalue weighted by Crippen LogP contribution is -2.14. The molecule has 2 aromatic carbocycles. The van der Waals surface area contributed by atoms with Gasteiger partial charge in [-0.05, 0) is 24.3 Å². The number of halogens is 5. The number of fused-ring (bicyclic) bond motifs is 1. The maximum absolute atomic E-state index is 13.6. The number of nitrogens with zero attached hydrogens (tertiary/aromatic N) is 1. The molecule has 0 unspecified atom stereocenters. The van der Waals surface area contributed by atoms with Crippen molar-refractivity contribution in [1.29, 1.82) is 0 Å². The highest BCUT2D eigenvalue weighted by atomic mass is 35.5. The molecule has 0 saturated heterocycles. The number of carbonyl (C=O) groups is 1. The standard InChI is InChI=1S/C18H10Cl2F3NO2/c1-9(25)24-16(10-6-11(19)8-12(20)7-10)15-13-4-2-3-5-14(13)26-17(15)18(21,22)23/h2-8H,1H3. The Labute approximate surface area is 156 Å². The van der Waals surface area contributed by atoms with Crippen LogP contribution in [0.4, 0.5) is 13.2 Å². The number of para-hydroxylation sites is 1. The number of aliphatic imine (C=N–C) groups is 1. The summed E-state index contributed by atoms with van der Waals surface area (Å²) in [4.78, 5) is 15.4. The lowest BCUT2D eigenvalue weighted by molar-refractivity contribution is -0.152. The molecule has 134 valence electrons. The van der Waals surface area contributed by atoms with Crippen molar-refractivity contribution >= 4 is 45.8 Å². The van der Waals surface area contributed by atoms with Crippen molar-refractivity contribution in [2.24, 2.45) is 4.99 Å². The average Bonchev–Trinajstić information content (AvgIpc) is 2.91. The highest BCUT2D eigenvalue weighted by Crippen LogP contribution is 2.39. The monoisotopic (exact) mass is 399 g/mol. The van der Waals surface area contributed by atoms with E-state index in [-0.39, 0.29) is 37.9 Å². The summed E-state index contributed by atoms with van der Waals surface area (Å²) in [6.07, 6.45) is -4.78. The summed E-state index contributed by atoms with van der Waals surface area (Å²) in [7, 11) is 0. The van der Waals surface area contributed by atoms with Crippen LogP contribution in [0, 0.1) is 0 Å². The summed E-state index contributed by atoms with van der Waals surface area (Å²) in [5.41, 5.74) is -0.338. The zero-order valence-electron chi connectivity index (χ0n) is 13.2. The van der Waals surface area contributed by atoms with Crippen LogP contribution in [0.5, 0.6) is 0 Å². The molecule has 8 heteroatoms. The highest BCUT2D eigenvalue weighted by molar-refractivity contribution is 6.36. The molecule has 0 atom stereocenters. The quantitative estimate of drug-likeness (QED) is 0.485. The van der Waals surface area contributed by atoms with Crippen molar-refractivity contribution < 1.29 is 22.4 Å². The first kappa shape index (κ1) is 18.5. The van der Waals surface area contributed by atoms with E-state index >= 15 is 0 Å². The van der Waals surface area contributed by atoms with Crippen molar-refractivity contribution in [3.63, 3.8) is 0 Å². The van der Waals surface area contributed by atoms with Crippen molar-refractivity contribution in [2.75, 3.05) is 0 Å². The summed E-state index contributed by atoms with van der Waals surface area (Å²) in [6.45, 7) is 1.14. The van der Waals surface area contributed by atoms with Gasteiger partial charge in [-0.25, -0.2) is 4.99 Å². The second kappa shape index (κ2) is 6.78. The van der Waals surface area contributed by atoms with Crippen LogP contribution in [-0.2, 0) is 11.0 Å². The molecule has 3 aromatic rings. The van der Waals surface area contributed by atoms with Crippen molar-refractivity contribution in [2.45, 2.75) is 13.1 Å². The molecule has 0 saturated carbocycles. The van der Waals surface area contributed by atoms with E-state index in [0.717, 1.165) is 6.92 Å². The van der Waals surface area contributed by atoms with E-state index in [4.69, 9.17) is 27.6 Å². The molecule has 0 radical (unpaired) electrons. The average molecular weight is 400 g/mol. The molecule has 3 rings (SSSR count). The Morgan fingerprint density at radius 3 is 2.27 bits per heavy atom. The highest BCUT2D eigenvalue weighted by Gasteiger charge is 2.40. The van der Waals surface area contributed by atoms with Gasteiger partial charge in [-0.15, -0.1) is 0 Å². The Morgan fingerprint density at radius 1 is 1.08 bits per heavy atom. The van der Waals surface area contributed by atoms with E-state index < -0.39 is 17.8 Å². The summed E-state index contributed by atoms with van der Waals surface area (Å²) in [6, 6.07) is 10.2.